The van der Waals surface area contributed by atoms with Crippen molar-refractivity contribution in [3.63, 3.8) is 0 Å². The van der Waals surface area contributed by atoms with E-state index in [0.29, 0.717) is 5.69 Å². The maximum atomic E-state index is 12.5. The summed E-state index contributed by atoms with van der Waals surface area (Å²) in [4.78, 5) is 16.7. The minimum atomic E-state index is -3.32. The molecule has 0 saturated carbocycles. The van der Waals surface area contributed by atoms with E-state index in [2.05, 4.69) is 53.9 Å². The number of carbonyl (C=O) groups is 1. The van der Waals surface area contributed by atoms with Gasteiger partial charge in [0.15, 0.2) is 0 Å². The zero-order valence-electron chi connectivity index (χ0n) is 20.4. The number of ether oxygens (including phenoxy) is 1. The fourth-order valence-electron chi connectivity index (χ4n) is 5.10. The average Bonchev–Trinajstić information content (AvgIpc) is 2.73. The smallest absolute Gasteiger partial charge is 0.229 e. The lowest BCUT2D eigenvalue weighted by molar-refractivity contribution is -0.117. The number of morpholine rings is 1. The molecule has 2 unspecified atom stereocenters. The molecule has 34 heavy (non-hydrogen) atoms. The molecule has 1 saturated heterocycles. The van der Waals surface area contributed by atoms with Gasteiger partial charge in [-0.05, 0) is 69.7 Å². The third-order valence-corrected chi connectivity index (χ3v) is 6.92. The third kappa shape index (κ3) is 5.47. The SMILES string of the molecule is CC(=O)N1c2ccc(N3C[C@@H](C)O[C@@H](C)C3)cc2C(Nc2ccc(NS(C)(=O)=O)cc2)CC1C. The van der Waals surface area contributed by atoms with E-state index in [-0.39, 0.29) is 30.2 Å². The number of rotatable bonds is 5. The van der Waals surface area contributed by atoms with Crippen LogP contribution >= 0.6 is 0 Å². The van der Waals surface area contributed by atoms with Crippen LogP contribution in [0.25, 0.3) is 0 Å². The summed E-state index contributed by atoms with van der Waals surface area (Å²) in [5, 5.41) is 3.61. The van der Waals surface area contributed by atoms with Crippen molar-refractivity contribution in [1.82, 2.24) is 0 Å². The Balaban J connectivity index is 1.65. The van der Waals surface area contributed by atoms with E-state index in [4.69, 9.17) is 4.74 Å². The third-order valence-electron chi connectivity index (χ3n) is 6.32. The van der Waals surface area contributed by atoms with Gasteiger partial charge in [0.1, 0.15) is 0 Å². The lowest BCUT2D eigenvalue weighted by atomic mass is 9.90. The summed E-state index contributed by atoms with van der Waals surface area (Å²) in [6, 6.07) is 13.6. The van der Waals surface area contributed by atoms with Gasteiger partial charge in [0.25, 0.3) is 0 Å². The summed E-state index contributed by atoms with van der Waals surface area (Å²) < 4.78 is 31.4. The normalized spacial score (nSPS) is 25.0. The largest absolute Gasteiger partial charge is 0.378 e. The summed E-state index contributed by atoms with van der Waals surface area (Å²) >= 11 is 0. The number of nitrogens with one attached hydrogen (secondary N) is 2. The van der Waals surface area contributed by atoms with Crippen molar-refractivity contribution in [2.24, 2.45) is 0 Å². The van der Waals surface area contributed by atoms with Crippen molar-refractivity contribution >= 4 is 38.7 Å². The van der Waals surface area contributed by atoms with Crippen LogP contribution in [0.3, 0.4) is 0 Å². The van der Waals surface area contributed by atoms with Crippen molar-refractivity contribution in [2.75, 3.05) is 39.2 Å². The summed E-state index contributed by atoms with van der Waals surface area (Å²) in [6.07, 6.45) is 2.20. The Bertz CT molecular complexity index is 1140. The maximum Gasteiger partial charge on any atom is 0.229 e. The van der Waals surface area contributed by atoms with E-state index in [1.165, 1.54) is 0 Å². The number of benzene rings is 2. The van der Waals surface area contributed by atoms with Gasteiger partial charge in [-0.3, -0.25) is 9.52 Å². The fourth-order valence-corrected chi connectivity index (χ4v) is 5.67. The first-order chi connectivity index (χ1) is 16.0. The summed E-state index contributed by atoms with van der Waals surface area (Å²) in [6.45, 7) is 9.50. The molecule has 2 N–H and O–H groups in total. The van der Waals surface area contributed by atoms with Crippen molar-refractivity contribution < 1.29 is 17.9 Å². The second kappa shape index (κ2) is 9.46. The molecule has 0 bridgehead atoms. The van der Waals surface area contributed by atoms with Gasteiger partial charge in [0, 0.05) is 54.4 Å². The van der Waals surface area contributed by atoms with Gasteiger partial charge >= 0.3 is 0 Å². The highest BCUT2D eigenvalue weighted by Crippen LogP contribution is 2.41. The quantitative estimate of drug-likeness (QED) is 0.665. The van der Waals surface area contributed by atoms with Crippen molar-refractivity contribution in [3.8, 4) is 0 Å². The zero-order chi connectivity index (χ0) is 24.6. The molecule has 2 heterocycles. The van der Waals surface area contributed by atoms with Crippen molar-refractivity contribution in [3.05, 3.63) is 48.0 Å². The van der Waals surface area contributed by atoms with Crippen LogP contribution in [0.4, 0.5) is 22.7 Å². The van der Waals surface area contributed by atoms with E-state index in [1.54, 1.807) is 19.1 Å². The monoisotopic (exact) mass is 486 g/mol. The predicted molar refractivity (Wildman–Crippen MR) is 137 cm³/mol. The predicted octanol–water partition coefficient (Wildman–Crippen LogP) is 3.97. The van der Waals surface area contributed by atoms with Gasteiger partial charge in [-0.1, -0.05) is 0 Å². The Labute approximate surface area is 202 Å². The molecule has 2 aliphatic rings. The number of nitrogens with zero attached hydrogens (tertiary/aromatic N) is 2. The van der Waals surface area contributed by atoms with Crippen LogP contribution in [0.2, 0.25) is 0 Å². The van der Waals surface area contributed by atoms with Gasteiger partial charge in [-0.25, -0.2) is 8.42 Å². The molecule has 1 fully saturated rings. The summed E-state index contributed by atoms with van der Waals surface area (Å²) in [7, 11) is -3.32. The van der Waals surface area contributed by atoms with Crippen LogP contribution < -0.4 is 19.8 Å². The van der Waals surface area contributed by atoms with Crippen LogP contribution in [0.5, 0.6) is 0 Å². The lowest BCUT2D eigenvalue weighted by Crippen LogP contribution is -2.46. The Morgan fingerprint density at radius 1 is 1.00 bits per heavy atom. The first kappa shape index (κ1) is 24.3. The Hall–Kier alpha value is -2.78. The second-order valence-electron chi connectivity index (χ2n) is 9.53. The van der Waals surface area contributed by atoms with Gasteiger partial charge in [-0.2, -0.15) is 0 Å². The summed E-state index contributed by atoms with van der Waals surface area (Å²) in [5.74, 6) is 0.0322. The molecule has 0 spiro atoms. The Kier molecular flexibility index (Phi) is 6.78. The van der Waals surface area contributed by atoms with Crippen LogP contribution in [0.1, 0.15) is 45.7 Å². The molecule has 8 nitrogen and oxygen atoms in total. The number of sulfonamides is 1. The topological polar surface area (TPSA) is 91.0 Å². The number of anilines is 4. The molecule has 0 radical (unpaired) electrons. The second-order valence-corrected chi connectivity index (χ2v) is 11.3. The van der Waals surface area contributed by atoms with Gasteiger partial charge in [0.2, 0.25) is 15.9 Å². The van der Waals surface area contributed by atoms with Crippen LogP contribution in [0.15, 0.2) is 42.5 Å². The van der Waals surface area contributed by atoms with Gasteiger partial charge < -0.3 is 19.9 Å². The molecule has 4 rings (SSSR count). The number of fused-ring (bicyclic) bond motifs is 1. The molecule has 1 amide bonds. The fraction of sp³-hybridized carbons (Fsp3) is 0.480. The Morgan fingerprint density at radius 3 is 2.21 bits per heavy atom. The van der Waals surface area contributed by atoms with Gasteiger partial charge in [0.05, 0.1) is 24.5 Å². The summed E-state index contributed by atoms with van der Waals surface area (Å²) in [5.41, 5.74) is 4.54. The zero-order valence-corrected chi connectivity index (χ0v) is 21.2. The molecular formula is C25H34N4O4S. The molecule has 0 aromatic heterocycles. The van der Waals surface area contributed by atoms with Crippen LogP contribution in [0, 0.1) is 0 Å². The highest BCUT2D eigenvalue weighted by molar-refractivity contribution is 7.92. The first-order valence-corrected chi connectivity index (χ1v) is 13.6. The average molecular weight is 487 g/mol. The molecule has 2 aliphatic heterocycles. The van der Waals surface area contributed by atoms with E-state index in [1.807, 2.05) is 17.0 Å². The standard InChI is InChI=1S/C25H34N4O4S/c1-16-12-24(26-20-6-8-21(9-7-20)27-34(5,31)32)23-13-22(10-11-25(23)29(16)19(4)30)28-14-17(2)33-18(3)15-28/h6-11,13,16-18,24,26-27H,12,14-15H2,1-5H3/t16?,17-,18+,24?. The minimum Gasteiger partial charge on any atom is -0.378 e. The maximum absolute atomic E-state index is 12.5. The highest BCUT2D eigenvalue weighted by Gasteiger charge is 2.33. The molecule has 9 heteroatoms. The molecule has 4 atom stereocenters. The first-order valence-electron chi connectivity index (χ1n) is 11.7. The van der Waals surface area contributed by atoms with Crippen LogP contribution in [-0.2, 0) is 19.6 Å². The van der Waals surface area contributed by atoms with E-state index in [9.17, 15) is 13.2 Å². The molecule has 2 aromatic rings. The van der Waals surface area contributed by atoms with Crippen molar-refractivity contribution in [1.29, 1.82) is 0 Å². The van der Waals surface area contributed by atoms with Gasteiger partial charge in [-0.15, -0.1) is 0 Å². The highest BCUT2D eigenvalue weighted by atomic mass is 32.2. The van der Waals surface area contributed by atoms with Crippen LogP contribution in [-0.4, -0.2) is 51.9 Å². The number of carbonyl (C=O) groups excluding carboxylic acids is 1. The minimum absolute atomic E-state index is 0.00477. The number of amides is 1. The van der Waals surface area contributed by atoms with E-state index >= 15 is 0 Å². The van der Waals surface area contributed by atoms with E-state index in [0.717, 1.165) is 48.4 Å². The molecule has 0 aliphatic carbocycles. The molecule has 2 aromatic carbocycles. The Morgan fingerprint density at radius 2 is 1.62 bits per heavy atom. The lowest BCUT2D eigenvalue weighted by Gasteiger charge is -2.41. The number of hydrogen-bond acceptors (Lipinski definition) is 6. The molecule has 184 valence electrons. The molecular weight excluding hydrogens is 452 g/mol. The number of hydrogen-bond donors (Lipinski definition) is 2. The van der Waals surface area contributed by atoms with E-state index < -0.39 is 10.0 Å². The van der Waals surface area contributed by atoms with Crippen molar-refractivity contribution in [2.45, 2.75) is 58.4 Å².